The summed E-state index contributed by atoms with van der Waals surface area (Å²) in [5.41, 5.74) is 0.156. The Morgan fingerprint density at radius 2 is 1.91 bits per heavy atom. The maximum absolute atomic E-state index is 10.7. The second-order valence-corrected chi connectivity index (χ2v) is 3.74. The summed E-state index contributed by atoms with van der Waals surface area (Å²) in [5.74, 6) is 0. The second-order valence-electron chi connectivity index (χ2n) is 3.74. The number of rotatable bonds is 3. The Labute approximate surface area is 112 Å². The van der Waals surface area contributed by atoms with E-state index in [1.54, 1.807) is 0 Å². The minimum atomic E-state index is 0. The first-order valence-electron chi connectivity index (χ1n) is 3.91. The zero-order chi connectivity index (χ0) is 7.61. The standard InChI is InChI=1S/C8H16NO.K/c1-9(2)6-8(7-10)4-3-5-8;/h3-7H2,1-2H3;/q-1;+1. The maximum atomic E-state index is 10.7. The van der Waals surface area contributed by atoms with Crippen LogP contribution < -0.4 is 56.5 Å². The molecule has 11 heavy (non-hydrogen) atoms. The van der Waals surface area contributed by atoms with Crippen molar-refractivity contribution in [2.45, 2.75) is 19.3 Å². The van der Waals surface area contributed by atoms with E-state index < -0.39 is 0 Å². The predicted octanol–water partition coefficient (Wildman–Crippen LogP) is -2.92. The van der Waals surface area contributed by atoms with E-state index in [1.807, 2.05) is 14.1 Å². The fourth-order valence-electron chi connectivity index (χ4n) is 1.70. The van der Waals surface area contributed by atoms with Gasteiger partial charge < -0.3 is 10.0 Å². The van der Waals surface area contributed by atoms with Crippen LogP contribution in [0.25, 0.3) is 0 Å². The zero-order valence-electron chi connectivity index (χ0n) is 7.89. The largest absolute Gasteiger partial charge is 1.00 e. The van der Waals surface area contributed by atoms with Crippen molar-refractivity contribution in [1.29, 1.82) is 0 Å². The molecule has 0 aromatic heterocycles. The van der Waals surface area contributed by atoms with Crippen molar-refractivity contribution in [2.75, 3.05) is 27.2 Å². The van der Waals surface area contributed by atoms with Crippen molar-refractivity contribution < 1.29 is 56.5 Å². The smallest absolute Gasteiger partial charge is 0.854 e. The molecule has 1 aliphatic carbocycles. The van der Waals surface area contributed by atoms with E-state index in [0.717, 1.165) is 19.4 Å². The Balaban J connectivity index is 0.000001000. The Bertz CT molecular complexity index is 107. The van der Waals surface area contributed by atoms with Crippen molar-refractivity contribution in [2.24, 2.45) is 5.41 Å². The average Bonchev–Trinajstić information content (AvgIpc) is 1.78. The third-order valence-electron chi connectivity index (χ3n) is 2.37. The van der Waals surface area contributed by atoms with Crippen molar-refractivity contribution in [3.8, 4) is 0 Å². The molecule has 2 nitrogen and oxygen atoms in total. The van der Waals surface area contributed by atoms with Crippen molar-refractivity contribution >= 4 is 0 Å². The second kappa shape index (κ2) is 5.32. The van der Waals surface area contributed by atoms with Gasteiger partial charge >= 0.3 is 51.4 Å². The first kappa shape index (κ1) is 12.6. The predicted molar refractivity (Wildman–Crippen MR) is 39.7 cm³/mol. The average molecular weight is 181 g/mol. The van der Waals surface area contributed by atoms with Gasteiger partial charge in [-0.2, -0.15) is 0 Å². The number of hydrogen-bond acceptors (Lipinski definition) is 2. The normalized spacial score (nSPS) is 20.7. The van der Waals surface area contributed by atoms with E-state index in [-0.39, 0.29) is 63.4 Å². The minimum absolute atomic E-state index is 0. The third-order valence-corrected chi connectivity index (χ3v) is 2.37. The molecule has 0 radical (unpaired) electrons. The van der Waals surface area contributed by atoms with Crippen LogP contribution >= 0.6 is 0 Å². The Kier molecular flexibility index (Phi) is 6.07. The molecule has 0 bridgehead atoms. The van der Waals surface area contributed by atoms with Crippen molar-refractivity contribution in [3.63, 3.8) is 0 Å². The molecule has 0 atom stereocenters. The molecule has 0 spiro atoms. The monoisotopic (exact) mass is 181 g/mol. The van der Waals surface area contributed by atoms with Gasteiger partial charge in [0.15, 0.2) is 0 Å². The van der Waals surface area contributed by atoms with Crippen LogP contribution in [0.15, 0.2) is 0 Å². The molecule has 0 saturated heterocycles. The topological polar surface area (TPSA) is 26.3 Å². The van der Waals surface area contributed by atoms with Gasteiger partial charge in [-0.25, -0.2) is 0 Å². The molecule has 1 rings (SSSR count). The molecule has 0 heterocycles. The molecule has 0 aromatic rings. The van der Waals surface area contributed by atoms with E-state index in [2.05, 4.69) is 4.90 Å². The molecular formula is C8H16KNO. The Morgan fingerprint density at radius 1 is 1.36 bits per heavy atom. The third kappa shape index (κ3) is 3.42. The van der Waals surface area contributed by atoms with Crippen LogP contribution in [0.3, 0.4) is 0 Å². The van der Waals surface area contributed by atoms with Crippen LogP contribution in [0.1, 0.15) is 19.3 Å². The van der Waals surface area contributed by atoms with E-state index in [0.29, 0.717) is 0 Å². The van der Waals surface area contributed by atoms with Gasteiger partial charge in [0.05, 0.1) is 0 Å². The molecule has 60 valence electrons. The van der Waals surface area contributed by atoms with Crippen LogP contribution in [-0.4, -0.2) is 32.1 Å². The minimum Gasteiger partial charge on any atom is -0.854 e. The van der Waals surface area contributed by atoms with Gasteiger partial charge in [-0.3, -0.25) is 0 Å². The summed E-state index contributed by atoms with van der Waals surface area (Å²) >= 11 is 0. The fraction of sp³-hybridized carbons (Fsp3) is 1.00. The molecule has 1 fully saturated rings. The van der Waals surface area contributed by atoms with Crippen LogP contribution in [0, 0.1) is 5.41 Å². The quantitative estimate of drug-likeness (QED) is 0.436. The summed E-state index contributed by atoms with van der Waals surface area (Å²) in [6.45, 7) is 1.10. The van der Waals surface area contributed by atoms with Gasteiger partial charge in [0.25, 0.3) is 0 Å². The SMILES string of the molecule is CN(C)CC1(C[O-])CCC1.[K+]. The van der Waals surface area contributed by atoms with Crippen molar-refractivity contribution in [3.05, 3.63) is 0 Å². The van der Waals surface area contributed by atoms with Gasteiger partial charge in [0, 0.05) is 6.54 Å². The van der Waals surface area contributed by atoms with E-state index in [9.17, 15) is 5.11 Å². The van der Waals surface area contributed by atoms with Crippen LogP contribution in [0.4, 0.5) is 0 Å². The zero-order valence-corrected chi connectivity index (χ0v) is 11.0. The van der Waals surface area contributed by atoms with E-state index in [4.69, 9.17) is 0 Å². The molecule has 0 N–H and O–H groups in total. The molecule has 0 amide bonds. The molecule has 1 saturated carbocycles. The number of nitrogens with zero attached hydrogens (tertiary/aromatic N) is 1. The summed E-state index contributed by atoms with van der Waals surface area (Å²) in [6, 6.07) is 0. The number of hydrogen-bond donors (Lipinski definition) is 0. The van der Waals surface area contributed by atoms with Crippen LogP contribution in [0.2, 0.25) is 0 Å². The molecule has 1 aliphatic rings. The molecule has 0 unspecified atom stereocenters. The molecular weight excluding hydrogens is 165 g/mol. The summed E-state index contributed by atoms with van der Waals surface area (Å²) in [4.78, 5) is 2.12. The van der Waals surface area contributed by atoms with Gasteiger partial charge in [0.1, 0.15) is 0 Å². The first-order valence-corrected chi connectivity index (χ1v) is 3.91. The van der Waals surface area contributed by atoms with Gasteiger partial charge in [-0.15, -0.1) is 6.61 Å². The van der Waals surface area contributed by atoms with E-state index in [1.165, 1.54) is 6.42 Å². The molecule has 3 heteroatoms. The Morgan fingerprint density at radius 3 is 2.00 bits per heavy atom. The summed E-state index contributed by atoms with van der Waals surface area (Å²) in [7, 11) is 4.07. The van der Waals surface area contributed by atoms with Crippen LogP contribution in [-0.2, 0) is 0 Å². The molecule has 0 aliphatic heterocycles. The summed E-state index contributed by atoms with van der Waals surface area (Å²) in [5, 5.41) is 10.7. The van der Waals surface area contributed by atoms with E-state index >= 15 is 0 Å². The maximum Gasteiger partial charge on any atom is 1.00 e. The van der Waals surface area contributed by atoms with Gasteiger partial charge in [-0.05, 0) is 32.4 Å². The van der Waals surface area contributed by atoms with Crippen molar-refractivity contribution in [1.82, 2.24) is 4.90 Å². The first-order chi connectivity index (χ1) is 4.68. The van der Waals surface area contributed by atoms with Gasteiger partial charge in [-0.1, -0.05) is 6.42 Å². The van der Waals surface area contributed by atoms with Gasteiger partial charge in [0.2, 0.25) is 0 Å². The summed E-state index contributed by atoms with van der Waals surface area (Å²) in [6.07, 6.45) is 3.56. The van der Waals surface area contributed by atoms with Crippen LogP contribution in [0.5, 0.6) is 0 Å². The summed E-state index contributed by atoms with van der Waals surface area (Å²) < 4.78 is 0. The molecule has 0 aromatic carbocycles. The Hall–Kier alpha value is 1.56. The fourth-order valence-corrected chi connectivity index (χ4v) is 1.70.